The summed E-state index contributed by atoms with van der Waals surface area (Å²) >= 11 is 3.42. The van der Waals surface area contributed by atoms with Crippen molar-refractivity contribution in [3.05, 3.63) is 75.5 Å². The lowest BCUT2D eigenvalue weighted by molar-refractivity contribution is 0.0989. The molecule has 1 aliphatic heterocycles. The molecule has 1 amide bonds. The minimum absolute atomic E-state index is 0.130. The number of nitrogens with zero attached hydrogens (tertiary/aromatic N) is 2. The van der Waals surface area contributed by atoms with Gasteiger partial charge in [-0.1, -0.05) is 28.1 Å². The van der Waals surface area contributed by atoms with Crippen molar-refractivity contribution in [1.82, 2.24) is 10.2 Å². The van der Waals surface area contributed by atoms with E-state index in [-0.39, 0.29) is 17.7 Å². The Kier molecular flexibility index (Phi) is 3.42. The van der Waals surface area contributed by atoms with Gasteiger partial charge in [-0.15, -0.1) is 0 Å². The summed E-state index contributed by atoms with van der Waals surface area (Å²) in [5.41, 5.74) is 3.93. The van der Waals surface area contributed by atoms with Gasteiger partial charge >= 0.3 is 0 Å². The fraction of sp³-hybridized carbons (Fsp3) is 0.111. The van der Waals surface area contributed by atoms with Gasteiger partial charge in [-0.2, -0.15) is 5.10 Å². The van der Waals surface area contributed by atoms with Crippen LogP contribution in [0.15, 0.2) is 53.0 Å². The molecule has 6 heteroatoms. The number of fused-ring (bicyclic) bond motifs is 1. The number of rotatable bonds is 2. The van der Waals surface area contributed by atoms with E-state index < -0.39 is 0 Å². The molecule has 0 saturated heterocycles. The Bertz CT molecular complexity index is 916. The third-order valence-electron chi connectivity index (χ3n) is 4.26. The number of aromatic amines is 1. The number of aromatic nitrogens is 2. The Morgan fingerprint density at radius 1 is 1.12 bits per heavy atom. The Labute approximate surface area is 147 Å². The molecule has 2 heterocycles. The van der Waals surface area contributed by atoms with E-state index in [0.29, 0.717) is 5.69 Å². The van der Waals surface area contributed by atoms with Gasteiger partial charge in [0.25, 0.3) is 5.91 Å². The first kappa shape index (κ1) is 15.0. The van der Waals surface area contributed by atoms with E-state index >= 15 is 0 Å². The van der Waals surface area contributed by atoms with E-state index in [0.717, 1.165) is 27.0 Å². The average molecular weight is 384 g/mol. The van der Waals surface area contributed by atoms with E-state index in [4.69, 9.17) is 0 Å². The summed E-state index contributed by atoms with van der Waals surface area (Å²) in [6, 6.07) is 14.3. The van der Waals surface area contributed by atoms with Crippen LogP contribution in [0, 0.1) is 6.92 Å². The van der Waals surface area contributed by atoms with Crippen molar-refractivity contribution >= 4 is 27.5 Å². The summed E-state index contributed by atoms with van der Waals surface area (Å²) in [5.74, 6) is 0.0668. The molecule has 1 atom stereocenters. The van der Waals surface area contributed by atoms with Crippen molar-refractivity contribution in [3.63, 3.8) is 0 Å². The van der Waals surface area contributed by atoms with Crippen LogP contribution in [0.25, 0.3) is 0 Å². The van der Waals surface area contributed by atoms with Crippen molar-refractivity contribution in [2.75, 3.05) is 4.90 Å². The third kappa shape index (κ3) is 2.22. The number of hydrogen-bond donors (Lipinski definition) is 2. The van der Waals surface area contributed by atoms with Gasteiger partial charge in [-0.05, 0) is 48.9 Å². The number of phenolic OH excluding ortho intramolecular Hbond substituents is 1. The largest absolute Gasteiger partial charge is 0.508 e. The molecule has 120 valence electrons. The molecule has 0 radical (unpaired) electrons. The van der Waals surface area contributed by atoms with Crippen molar-refractivity contribution < 1.29 is 9.90 Å². The number of H-pyrrole nitrogens is 1. The number of aryl methyl sites for hydroxylation is 1. The first-order valence-corrected chi connectivity index (χ1v) is 8.28. The summed E-state index contributed by atoms with van der Waals surface area (Å²) in [5, 5.41) is 16.7. The summed E-state index contributed by atoms with van der Waals surface area (Å²) in [6.45, 7) is 1.91. The van der Waals surface area contributed by atoms with Crippen LogP contribution in [0.1, 0.15) is 33.4 Å². The van der Waals surface area contributed by atoms with Crippen molar-refractivity contribution in [2.45, 2.75) is 13.0 Å². The topological polar surface area (TPSA) is 69.2 Å². The number of aromatic hydroxyl groups is 1. The fourth-order valence-corrected chi connectivity index (χ4v) is 3.40. The average Bonchev–Trinajstić information content (AvgIpc) is 3.09. The van der Waals surface area contributed by atoms with Gasteiger partial charge in [0.05, 0.1) is 6.04 Å². The summed E-state index contributed by atoms with van der Waals surface area (Å²) in [4.78, 5) is 14.7. The van der Waals surface area contributed by atoms with Gasteiger partial charge in [-0.25, -0.2) is 0 Å². The Morgan fingerprint density at radius 2 is 1.79 bits per heavy atom. The highest BCUT2D eigenvalue weighted by Crippen LogP contribution is 2.42. The minimum Gasteiger partial charge on any atom is -0.508 e. The molecule has 2 aromatic carbocycles. The van der Waals surface area contributed by atoms with Crippen LogP contribution in [0.4, 0.5) is 5.69 Å². The van der Waals surface area contributed by atoms with E-state index in [9.17, 15) is 9.90 Å². The second kappa shape index (κ2) is 5.49. The molecule has 0 bridgehead atoms. The fourth-order valence-electron chi connectivity index (χ4n) is 3.14. The van der Waals surface area contributed by atoms with Gasteiger partial charge in [-0.3, -0.25) is 14.8 Å². The number of nitrogens with one attached hydrogen (secondary N) is 1. The first-order chi connectivity index (χ1) is 11.6. The number of carbonyl (C=O) groups is 1. The van der Waals surface area contributed by atoms with Crippen molar-refractivity contribution in [2.24, 2.45) is 0 Å². The molecule has 0 saturated carbocycles. The van der Waals surface area contributed by atoms with E-state index in [1.807, 2.05) is 43.3 Å². The number of carbonyl (C=O) groups excluding carboxylic acids is 1. The van der Waals surface area contributed by atoms with E-state index in [1.165, 1.54) is 0 Å². The van der Waals surface area contributed by atoms with E-state index in [1.54, 1.807) is 17.0 Å². The van der Waals surface area contributed by atoms with Crippen LogP contribution in [0.2, 0.25) is 0 Å². The monoisotopic (exact) mass is 383 g/mol. The lowest BCUT2D eigenvalue weighted by Gasteiger charge is -2.26. The molecule has 3 aromatic rings. The summed E-state index contributed by atoms with van der Waals surface area (Å²) < 4.78 is 0.952. The molecule has 2 N–H and O–H groups in total. The number of phenols is 1. The van der Waals surface area contributed by atoms with Crippen LogP contribution in [-0.4, -0.2) is 21.2 Å². The maximum atomic E-state index is 12.9. The third-order valence-corrected chi connectivity index (χ3v) is 4.79. The zero-order valence-corrected chi connectivity index (χ0v) is 14.4. The molecule has 0 aliphatic carbocycles. The molecule has 1 unspecified atom stereocenters. The highest BCUT2D eigenvalue weighted by Gasteiger charge is 2.42. The standard InChI is InChI=1S/C18H14BrN3O2/c1-10-15-16(21-20-10)18(24)22(13-6-4-12(19)5-7-13)17(15)11-2-8-14(23)9-3-11/h2-9,17,23H,1H3,(H,20,21). The van der Waals surface area contributed by atoms with Crippen molar-refractivity contribution in [1.29, 1.82) is 0 Å². The number of anilines is 1. The van der Waals surface area contributed by atoms with E-state index in [2.05, 4.69) is 26.1 Å². The Hall–Kier alpha value is -2.60. The Balaban J connectivity index is 1.89. The zero-order valence-electron chi connectivity index (χ0n) is 12.8. The molecule has 0 spiro atoms. The number of halogens is 1. The van der Waals surface area contributed by atoms with Crippen LogP contribution in [-0.2, 0) is 0 Å². The number of benzene rings is 2. The SMILES string of the molecule is Cc1[nH]nc2c1C(c1ccc(O)cc1)N(c1ccc(Br)cc1)C2=O. The normalized spacial score (nSPS) is 16.5. The number of amides is 1. The maximum Gasteiger partial charge on any atom is 0.279 e. The first-order valence-electron chi connectivity index (χ1n) is 7.49. The number of hydrogen-bond acceptors (Lipinski definition) is 3. The quantitative estimate of drug-likeness (QED) is 0.703. The highest BCUT2D eigenvalue weighted by atomic mass is 79.9. The van der Waals surface area contributed by atoms with Crippen LogP contribution >= 0.6 is 15.9 Å². The maximum absolute atomic E-state index is 12.9. The van der Waals surface area contributed by atoms with Crippen LogP contribution in [0.3, 0.4) is 0 Å². The highest BCUT2D eigenvalue weighted by molar-refractivity contribution is 9.10. The van der Waals surface area contributed by atoms with Gasteiger partial charge in [0.2, 0.25) is 0 Å². The molecular formula is C18H14BrN3O2. The van der Waals surface area contributed by atoms with Gasteiger partial charge in [0.1, 0.15) is 5.75 Å². The molecule has 4 rings (SSSR count). The molecule has 1 aromatic heterocycles. The smallest absolute Gasteiger partial charge is 0.279 e. The van der Waals surface area contributed by atoms with Crippen molar-refractivity contribution in [3.8, 4) is 5.75 Å². The lowest BCUT2D eigenvalue weighted by Crippen LogP contribution is -2.29. The van der Waals surface area contributed by atoms with Gasteiger partial charge in [0, 0.05) is 21.4 Å². The zero-order chi connectivity index (χ0) is 16.8. The second-order valence-corrected chi connectivity index (χ2v) is 6.67. The molecule has 24 heavy (non-hydrogen) atoms. The molecule has 0 fully saturated rings. The minimum atomic E-state index is -0.270. The summed E-state index contributed by atoms with van der Waals surface area (Å²) in [7, 11) is 0. The van der Waals surface area contributed by atoms with Gasteiger partial charge in [0.15, 0.2) is 5.69 Å². The predicted molar refractivity (Wildman–Crippen MR) is 94.2 cm³/mol. The summed E-state index contributed by atoms with van der Waals surface area (Å²) in [6.07, 6.45) is 0. The molecule has 5 nitrogen and oxygen atoms in total. The van der Waals surface area contributed by atoms with Crippen LogP contribution in [0.5, 0.6) is 5.75 Å². The molecular weight excluding hydrogens is 370 g/mol. The van der Waals surface area contributed by atoms with Crippen LogP contribution < -0.4 is 4.90 Å². The lowest BCUT2D eigenvalue weighted by atomic mass is 9.99. The predicted octanol–water partition coefficient (Wildman–Crippen LogP) is 3.94. The molecule has 1 aliphatic rings. The second-order valence-electron chi connectivity index (χ2n) is 5.76. The van der Waals surface area contributed by atoms with Gasteiger partial charge < -0.3 is 5.11 Å². The Morgan fingerprint density at radius 3 is 2.46 bits per heavy atom.